The highest BCUT2D eigenvalue weighted by Gasteiger charge is 2.33. The van der Waals surface area contributed by atoms with E-state index in [1.54, 1.807) is 43.5 Å². The molecule has 0 spiro atoms. The average molecular weight is 578 g/mol. The third-order valence-electron chi connectivity index (χ3n) is 7.32. The summed E-state index contributed by atoms with van der Waals surface area (Å²) < 4.78 is 10.2. The largest absolute Gasteiger partial charge is 0.497 e. The van der Waals surface area contributed by atoms with Gasteiger partial charge < -0.3 is 20.1 Å². The van der Waals surface area contributed by atoms with Crippen LogP contribution in [0.2, 0.25) is 0 Å². The summed E-state index contributed by atoms with van der Waals surface area (Å²) in [7, 11) is 1.55. The van der Waals surface area contributed by atoms with E-state index in [0.29, 0.717) is 30.7 Å². The van der Waals surface area contributed by atoms with Crippen LogP contribution in [0, 0.1) is 5.92 Å². The summed E-state index contributed by atoms with van der Waals surface area (Å²) in [5.41, 5.74) is 1.44. The molecule has 1 saturated heterocycles. The lowest BCUT2D eigenvalue weighted by atomic mass is 9.98. The number of hydrogen-bond donors (Lipinski definition) is 2. The molecule has 1 heterocycles. The molecule has 1 aliphatic heterocycles. The number of amides is 2. The van der Waals surface area contributed by atoms with Gasteiger partial charge in [-0.05, 0) is 49.1 Å². The Hall–Kier alpha value is -3.98. The van der Waals surface area contributed by atoms with Crippen molar-refractivity contribution >= 4 is 23.6 Å². The van der Waals surface area contributed by atoms with Gasteiger partial charge >= 0.3 is 5.97 Å². The number of ketones is 1. The Labute approximate surface area is 248 Å². The van der Waals surface area contributed by atoms with Crippen LogP contribution in [0.3, 0.4) is 0 Å². The number of methoxy groups -OCH3 is 1. The number of carbonyl (C=O) groups excluding carboxylic acids is 4. The predicted molar refractivity (Wildman–Crippen MR) is 161 cm³/mol. The molecular weight excluding hydrogens is 534 g/mol. The van der Waals surface area contributed by atoms with Crippen molar-refractivity contribution in [1.29, 1.82) is 0 Å². The molecule has 2 amide bonds. The lowest BCUT2D eigenvalue weighted by molar-refractivity contribution is -0.139. The molecule has 2 aromatic carbocycles. The standard InChI is InChI=1S/C33H43N3O6/c1-23(2)28(16-11-19-42-24(3)37)34-32(39)29(20-25-12-6-5-7-13-25)35-33(40)30-17-8-9-18-36(30)22-31(38)26-14-10-15-27(21-26)41-4/h5-7,10-16,21,23,28-30H,8-9,17-20,22H2,1-4H3,(H,34,39)(H,35,40)/b16-11+/t28-,29+,30+/m1/s1. The number of rotatable bonds is 14. The third kappa shape index (κ3) is 10.1. The Morgan fingerprint density at radius 1 is 1.02 bits per heavy atom. The number of carbonyl (C=O) groups is 4. The molecule has 1 aliphatic rings. The Balaban J connectivity index is 1.74. The van der Waals surface area contributed by atoms with Crippen LogP contribution in [0.25, 0.3) is 0 Å². The van der Waals surface area contributed by atoms with E-state index in [9.17, 15) is 19.2 Å². The Morgan fingerprint density at radius 3 is 2.48 bits per heavy atom. The topological polar surface area (TPSA) is 114 Å². The summed E-state index contributed by atoms with van der Waals surface area (Å²) in [6.45, 7) is 6.13. The third-order valence-corrected chi connectivity index (χ3v) is 7.32. The van der Waals surface area contributed by atoms with E-state index in [-0.39, 0.29) is 48.7 Å². The zero-order chi connectivity index (χ0) is 30.5. The van der Waals surface area contributed by atoms with Gasteiger partial charge in [-0.15, -0.1) is 0 Å². The van der Waals surface area contributed by atoms with E-state index in [2.05, 4.69) is 10.6 Å². The maximum Gasteiger partial charge on any atom is 0.302 e. The van der Waals surface area contributed by atoms with E-state index >= 15 is 0 Å². The van der Waals surface area contributed by atoms with Crippen molar-refractivity contribution in [1.82, 2.24) is 15.5 Å². The molecule has 0 aliphatic carbocycles. The van der Waals surface area contributed by atoms with Gasteiger partial charge in [-0.1, -0.05) is 68.8 Å². The number of piperidine rings is 1. The van der Waals surface area contributed by atoms with Gasteiger partial charge in [0.05, 0.1) is 19.7 Å². The van der Waals surface area contributed by atoms with E-state index in [1.807, 2.05) is 49.1 Å². The average Bonchev–Trinajstić information content (AvgIpc) is 2.98. The molecule has 42 heavy (non-hydrogen) atoms. The van der Waals surface area contributed by atoms with Crippen LogP contribution in [0.4, 0.5) is 0 Å². The summed E-state index contributed by atoms with van der Waals surface area (Å²) in [5.74, 6) is -0.380. The van der Waals surface area contributed by atoms with Crippen molar-refractivity contribution in [2.45, 2.75) is 64.6 Å². The molecule has 2 aromatic rings. The summed E-state index contributed by atoms with van der Waals surface area (Å²) >= 11 is 0. The number of Topliss-reactive ketones (excluding diaryl/α,β-unsaturated/α-hetero) is 1. The Bertz CT molecular complexity index is 1230. The molecular formula is C33H43N3O6. The Kier molecular flexibility index (Phi) is 12.7. The fourth-order valence-electron chi connectivity index (χ4n) is 4.95. The highest BCUT2D eigenvalue weighted by atomic mass is 16.5. The fourth-order valence-corrected chi connectivity index (χ4v) is 4.95. The van der Waals surface area contributed by atoms with Crippen LogP contribution in [0.5, 0.6) is 5.75 Å². The quantitative estimate of drug-likeness (QED) is 0.200. The predicted octanol–water partition coefficient (Wildman–Crippen LogP) is 3.72. The van der Waals surface area contributed by atoms with Gasteiger partial charge in [0.2, 0.25) is 11.8 Å². The van der Waals surface area contributed by atoms with Crippen LogP contribution in [-0.4, -0.2) is 73.4 Å². The first-order chi connectivity index (χ1) is 20.2. The van der Waals surface area contributed by atoms with Gasteiger partial charge in [0.15, 0.2) is 5.78 Å². The highest BCUT2D eigenvalue weighted by Crippen LogP contribution is 2.20. The van der Waals surface area contributed by atoms with Crippen molar-refractivity contribution in [3.8, 4) is 5.75 Å². The molecule has 9 heteroatoms. The van der Waals surface area contributed by atoms with Crippen molar-refractivity contribution in [2.75, 3.05) is 26.8 Å². The van der Waals surface area contributed by atoms with Crippen LogP contribution < -0.4 is 15.4 Å². The van der Waals surface area contributed by atoms with Crippen molar-refractivity contribution in [3.05, 3.63) is 77.9 Å². The molecule has 0 bridgehead atoms. The van der Waals surface area contributed by atoms with Gasteiger partial charge in [-0.3, -0.25) is 24.1 Å². The smallest absolute Gasteiger partial charge is 0.302 e. The number of nitrogens with zero attached hydrogens (tertiary/aromatic N) is 1. The molecule has 1 fully saturated rings. The number of benzene rings is 2. The minimum Gasteiger partial charge on any atom is -0.497 e. The first-order valence-electron chi connectivity index (χ1n) is 14.5. The molecule has 0 aromatic heterocycles. The van der Waals surface area contributed by atoms with E-state index in [1.165, 1.54) is 6.92 Å². The van der Waals surface area contributed by atoms with E-state index < -0.39 is 12.1 Å². The highest BCUT2D eigenvalue weighted by molar-refractivity contribution is 5.98. The van der Waals surface area contributed by atoms with Gasteiger partial charge in [-0.2, -0.15) is 0 Å². The molecule has 9 nitrogen and oxygen atoms in total. The first-order valence-corrected chi connectivity index (χ1v) is 14.5. The second-order valence-corrected chi connectivity index (χ2v) is 10.9. The number of hydrogen-bond acceptors (Lipinski definition) is 7. The second kappa shape index (κ2) is 16.5. The van der Waals surface area contributed by atoms with Crippen LogP contribution in [0.15, 0.2) is 66.7 Å². The van der Waals surface area contributed by atoms with Crippen LogP contribution in [-0.2, 0) is 25.5 Å². The van der Waals surface area contributed by atoms with Gasteiger partial charge in [0, 0.05) is 24.9 Å². The van der Waals surface area contributed by atoms with Gasteiger partial charge in [0.1, 0.15) is 18.4 Å². The zero-order valence-corrected chi connectivity index (χ0v) is 25.0. The molecule has 2 N–H and O–H groups in total. The molecule has 0 radical (unpaired) electrons. The number of esters is 1. The Morgan fingerprint density at radius 2 is 1.79 bits per heavy atom. The summed E-state index contributed by atoms with van der Waals surface area (Å²) in [6.07, 6.45) is 6.18. The minimum atomic E-state index is -0.819. The van der Waals surface area contributed by atoms with Gasteiger partial charge in [0.25, 0.3) is 0 Å². The molecule has 3 rings (SSSR count). The molecule has 226 valence electrons. The minimum absolute atomic E-state index is 0.0621. The number of nitrogens with one attached hydrogen (secondary N) is 2. The number of ether oxygens (including phenoxy) is 2. The van der Waals surface area contributed by atoms with Crippen LogP contribution >= 0.6 is 0 Å². The fraction of sp³-hybridized carbons (Fsp3) is 0.455. The monoisotopic (exact) mass is 577 g/mol. The number of likely N-dealkylation sites (tertiary alicyclic amines) is 1. The van der Waals surface area contributed by atoms with E-state index in [0.717, 1.165) is 18.4 Å². The lowest BCUT2D eigenvalue weighted by Crippen LogP contribution is -2.57. The van der Waals surface area contributed by atoms with E-state index in [4.69, 9.17) is 9.47 Å². The molecule has 3 atom stereocenters. The maximum atomic E-state index is 13.7. The van der Waals surface area contributed by atoms with Crippen molar-refractivity contribution < 1.29 is 28.7 Å². The molecule has 0 saturated carbocycles. The van der Waals surface area contributed by atoms with Crippen molar-refractivity contribution in [2.24, 2.45) is 5.92 Å². The molecule has 0 unspecified atom stereocenters. The normalized spacial score (nSPS) is 16.9. The SMILES string of the molecule is COc1cccc(C(=O)CN2CCCC[C@H]2C(=O)N[C@@H](Cc2ccccc2)C(=O)N[C@H](/C=C/COC(C)=O)C(C)C)c1. The van der Waals surface area contributed by atoms with Crippen molar-refractivity contribution in [3.63, 3.8) is 0 Å². The lowest BCUT2D eigenvalue weighted by Gasteiger charge is -2.35. The summed E-state index contributed by atoms with van der Waals surface area (Å²) in [5, 5.41) is 6.05. The maximum absolute atomic E-state index is 13.7. The van der Waals surface area contributed by atoms with Crippen LogP contribution in [0.1, 0.15) is 56.0 Å². The summed E-state index contributed by atoms with van der Waals surface area (Å²) in [6, 6.07) is 14.9. The van der Waals surface area contributed by atoms with Gasteiger partial charge in [-0.25, -0.2) is 0 Å². The first kappa shape index (κ1) is 32.5. The zero-order valence-electron chi connectivity index (χ0n) is 25.0. The summed E-state index contributed by atoms with van der Waals surface area (Å²) in [4.78, 5) is 53.4. The second-order valence-electron chi connectivity index (χ2n) is 10.9.